The van der Waals surface area contributed by atoms with Crippen molar-refractivity contribution in [3.63, 3.8) is 0 Å². The Labute approximate surface area is 180 Å². The molecule has 1 aromatic carbocycles. The van der Waals surface area contributed by atoms with Crippen molar-refractivity contribution in [2.75, 3.05) is 6.54 Å². The number of carbonyl (C=O) groups is 1. The highest BCUT2D eigenvalue weighted by Gasteiger charge is 2.50. The first-order valence-corrected chi connectivity index (χ1v) is 11.5. The molecular weight excluding hydrogens is 394 g/mol. The Morgan fingerprint density at radius 3 is 2.67 bits per heavy atom. The first kappa shape index (κ1) is 19.4. The van der Waals surface area contributed by atoms with Gasteiger partial charge in [-0.2, -0.15) is 0 Å². The predicted octanol–water partition coefficient (Wildman–Crippen LogP) is 4.50. The summed E-state index contributed by atoms with van der Waals surface area (Å²) in [6, 6.07) is 13.9. The Kier molecular flexibility index (Phi) is 5.13. The minimum atomic E-state index is -0.868. The van der Waals surface area contributed by atoms with E-state index in [0.717, 1.165) is 41.8 Å². The molecule has 3 atom stereocenters. The van der Waals surface area contributed by atoms with E-state index in [1.165, 1.54) is 11.3 Å². The normalized spacial score (nSPS) is 26.2. The van der Waals surface area contributed by atoms with E-state index in [2.05, 4.69) is 9.97 Å². The van der Waals surface area contributed by atoms with E-state index in [-0.39, 0.29) is 17.9 Å². The Morgan fingerprint density at radius 1 is 1.10 bits per heavy atom. The molecule has 1 saturated heterocycles. The summed E-state index contributed by atoms with van der Waals surface area (Å²) in [6.07, 6.45) is 8.10. The molecule has 0 spiro atoms. The van der Waals surface area contributed by atoms with E-state index >= 15 is 0 Å². The van der Waals surface area contributed by atoms with Gasteiger partial charge in [0.25, 0.3) is 5.91 Å². The van der Waals surface area contributed by atoms with E-state index < -0.39 is 5.60 Å². The highest BCUT2D eigenvalue weighted by molar-refractivity contribution is 7.13. The smallest absolute Gasteiger partial charge is 0.273 e. The maximum absolute atomic E-state index is 13.4. The SMILES string of the molecule is O=C(c1csc(-c2ccncc2)n1)N1CCC(O)(c2ccccc2)[C@H]2CCCC[C@H]21. The summed E-state index contributed by atoms with van der Waals surface area (Å²) in [5.41, 5.74) is 1.58. The lowest BCUT2D eigenvalue weighted by molar-refractivity contribution is -0.110. The predicted molar refractivity (Wildman–Crippen MR) is 117 cm³/mol. The molecule has 1 aliphatic carbocycles. The Bertz CT molecular complexity index is 1020. The van der Waals surface area contributed by atoms with Crippen LogP contribution in [0.1, 0.15) is 48.2 Å². The van der Waals surface area contributed by atoms with Crippen LogP contribution in [0.5, 0.6) is 0 Å². The average Bonchev–Trinajstić information content (AvgIpc) is 3.31. The lowest BCUT2D eigenvalue weighted by Crippen LogP contribution is -2.59. The van der Waals surface area contributed by atoms with Crippen molar-refractivity contribution in [3.05, 3.63) is 71.5 Å². The van der Waals surface area contributed by atoms with Crippen molar-refractivity contribution in [1.29, 1.82) is 0 Å². The number of amides is 1. The van der Waals surface area contributed by atoms with Gasteiger partial charge in [-0.1, -0.05) is 43.2 Å². The lowest BCUT2D eigenvalue weighted by Gasteiger charge is -2.52. The molecule has 2 aliphatic rings. The number of aromatic nitrogens is 2. The summed E-state index contributed by atoms with van der Waals surface area (Å²) < 4.78 is 0. The molecule has 1 aliphatic heterocycles. The third-order valence-corrected chi connectivity index (χ3v) is 7.55. The van der Waals surface area contributed by atoms with E-state index in [0.29, 0.717) is 18.7 Å². The van der Waals surface area contributed by atoms with Crippen LogP contribution < -0.4 is 0 Å². The van der Waals surface area contributed by atoms with Gasteiger partial charge < -0.3 is 10.0 Å². The van der Waals surface area contributed by atoms with Crippen LogP contribution in [0, 0.1) is 5.92 Å². The van der Waals surface area contributed by atoms with Crippen LogP contribution >= 0.6 is 11.3 Å². The maximum atomic E-state index is 13.4. The third-order valence-electron chi connectivity index (χ3n) is 6.66. The number of thiazole rings is 1. The van der Waals surface area contributed by atoms with Crippen LogP contribution in [0.2, 0.25) is 0 Å². The van der Waals surface area contributed by atoms with E-state index in [9.17, 15) is 9.90 Å². The van der Waals surface area contributed by atoms with Crippen LogP contribution in [-0.2, 0) is 5.60 Å². The molecule has 1 N–H and O–H groups in total. The average molecular weight is 420 g/mol. The van der Waals surface area contributed by atoms with Crippen LogP contribution in [0.25, 0.3) is 10.6 Å². The molecule has 0 radical (unpaired) electrons. The summed E-state index contributed by atoms with van der Waals surface area (Å²) in [5.74, 6) is 0.0446. The minimum Gasteiger partial charge on any atom is -0.385 e. The molecule has 6 heteroatoms. The molecule has 30 heavy (non-hydrogen) atoms. The van der Waals surface area contributed by atoms with Crippen molar-refractivity contribution in [3.8, 4) is 10.6 Å². The van der Waals surface area contributed by atoms with Crippen LogP contribution in [0.4, 0.5) is 0 Å². The lowest BCUT2D eigenvalue weighted by atomic mass is 9.66. The molecule has 1 amide bonds. The zero-order chi connectivity index (χ0) is 20.6. The molecule has 5 rings (SSSR count). The topological polar surface area (TPSA) is 66.3 Å². The molecule has 2 fully saturated rings. The van der Waals surface area contributed by atoms with Gasteiger partial charge in [-0.15, -0.1) is 11.3 Å². The molecule has 1 saturated carbocycles. The Morgan fingerprint density at radius 2 is 1.87 bits per heavy atom. The number of piperidine rings is 1. The summed E-state index contributed by atoms with van der Waals surface area (Å²) in [5, 5.41) is 14.4. The number of benzene rings is 1. The van der Waals surface area contributed by atoms with Crippen molar-refractivity contribution in [1.82, 2.24) is 14.9 Å². The second kappa shape index (κ2) is 7.93. The summed E-state index contributed by atoms with van der Waals surface area (Å²) in [7, 11) is 0. The standard InChI is InChI=1S/C24H25N3O2S/c28-23(20-16-30-22(26-20)17-10-13-25-14-11-17)27-15-12-24(29,18-6-2-1-3-7-18)19-8-4-5-9-21(19)27/h1-3,6-7,10-11,13-14,16,19,21,29H,4-5,8-9,12,15H2/t19-,21+,24?/m0/s1. The first-order chi connectivity index (χ1) is 14.7. The number of aliphatic hydroxyl groups is 1. The largest absolute Gasteiger partial charge is 0.385 e. The summed E-state index contributed by atoms with van der Waals surface area (Å²) in [4.78, 5) is 24.1. The number of pyridine rings is 1. The van der Waals surface area contributed by atoms with Gasteiger partial charge in [0.05, 0.1) is 5.60 Å². The van der Waals surface area contributed by atoms with Gasteiger partial charge in [0.1, 0.15) is 10.7 Å². The number of nitrogens with zero attached hydrogens (tertiary/aromatic N) is 3. The minimum absolute atomic E-state index is 0.0152. The Hall–Kier alpha value is -2.57. The van der Waals surface area contributed by atoms with Crippen LogP contribution in [0.3, 0.4) is 0 Å². The van der Waals surface area contributed by atoms with Gasteiger partial charge in [0.15, 0.2) is 0 Å². The van der Waals surface area contributed by atoms with E-state index in [4.69, 9.17) is 0 Å². The number of likely N-dealkylation sites (tertiary alicyclic amines) is 1. The van der Waals surface area contributed by atoms with Gasteiger partial charge in [0.2, 0.25) is 0 Å². The zero-order valence-electron chi connectivity index (χ0n) is 16.8. The van der Waals surface area contributed by atoms with Gasteiger partial charge in [-0.25, -0.2) is 4.98 Å². The molecule has 3 aromatic rings. The summed E-state index contributed by atoms with van der Waals surface area (Å²) in [6.45, 7) is 0.549. The van der Waals surface area contributed by atoms with Crippen molar-refractivity contribution in [2.45, 2.75) is 43.7 Å². The van der Waals surface area contributed by atoms with E-state index in [1.54, 1.807) is 12.4 Å². The van der Waals surface area contributed by atoms with Crippen molar-refractivity contribution >= 4 is 17.2 Å². The zero-order valence-corrected chi connectivity index (χ0v) is 17.6. The highest BCUT2D eigenvalue weighted by atomic mass is 32.1. The number of rotatable bonds is 3. The Balaban J connectivity index is 1.42. The molecular formula is C24H25N3O2S. The van der Waals surface area contributed by atoms with Crippen molar-refractivity contribution < 1.29 is 9.90 Å². The fourth-order valence-corrected chi connectivity index (χ4v) is 5.97. The van der Waals surface area contributed by atoms with Gasteiger partial charge in [-0.3, -0.25) is 9.78 Å². The third kappa shape index (κ3) is 3.34. The molecule has 5 nitrogen and oxygen atoms in total. The molecule has 1 unspecified atom stereocenters. The highest BCUT2D eigenvalue weighted by Crippen LogP contribution is 2.47. The van der Waals surface area contributed by atoms with Crippen LogP contribution in [-0.4, -0.2) is 38.5 Å². The molecule has 154 valence electrons. The fraction of sp³-hybridized carbons (Fsp3) is 0.375. The maximum Gasteiger partial charge on any atom is 0.273 e. The molecule has 0 bridgehead atoms. The molecule has 2 aromatic heterocycles. The van der Waals surface area contributed by atoms with Crippen LogP contribution in [0.15, 0.2) is 60.2 Å². The van der Waals surface area contributed by atoms with Gasteiger partial charge in [-0.05, 0) is 37.0 Å². The second-order valence-electron chi connectivity index (χ2n) is 8.27. The molecule has 3 heterocycles. The van der Waals surface area contributed by atoms with Gasteiger partial charge in [0, 0.05) is 41.8 Å². The number of carbonyl (C=O) groups excluding carboxylic acids is 1. The van der Waals surface area contributed by atoms with Crippen molar-refractivity contribution in [2.24, 2.45) is 5.92 Å². The quantitative estimate of drug-likeness (QED) is 0.679. The second-order valence-corrected chi connectivity index (χ2v) is 9.13. The van der Waals surface area contributed by atoms with E-state index in [1.807, 2.05) is 52.7 Å². The number of hydrogen-bond acceptors (Lipinski definition) is 5. The number of fused-ring (bicyclic) bond motifs is 1. The fourth-order valence-electron chi connectivity index (χ4n) is 5.17. The monoisotopic (exact) mass is 419 g/mol. The van der Waals surface area contributed by atoms with Gasteiger partial charge >= 0.3 is 0 Å². The summed E-state index contributed by atoms with van der Waals surface area (Å²) >= 11 is 1.49. The first-order valence-electron chi connectivity index (χ1n) is 10.6. The number of hydrogen-bond donors (Lipinski definition) is 1.